The molecule has 0 aromatic carbocycles. The van der Waals surface area contributed by atoms with E-state index in [2.05, 4.69) is 5.48 Å². The average molecular weight is 347 g/mol. The molecule has 1 aliphatic carbocycles. The van der Waals surface area contributed by atoms with Gasteiger partial charge in [-0.3, -0.25) is 4.79 Å². The maximum absolute atomic E-state index is 12.8. The van der Waals surface area contributed by atoms with Crippen molar-refractivity contribution in [3.05, 3.63) is 0 Å². The molecule has 1 heterocycles. The maximum atomic E-state index is 12.8. The lowest BCUT2D eigenvalue weighted by molar-refractivity contribution is -0.201. The molecule has 0 aromatic heterocycles. The number of nitrogens with one attached hydrogen (secondary N) is 1. The van der Waals surface area contributed by atoms with Crippen molar-refractivity contribution in [2.24, 2.45) is 0 Å². The van der Waals surface area contributed by atoms with Crippen molar-refractivity contribution in [3.8, 4) is 0 Å². The fraction of sp³-hybridized carbons (Fsp3) is 0.938. The van der Waals surface area contributed by atoms with Gasteiger partial charge >= 0.3 is 0 Å². The minimum Gasteiger partial charge on any atom is -0.350 e. The highest BCUT2D eigenvalue weighted by atomic mass is 32.2. The van der Waals surface area contributed by atoms with Crippen LogP contribution in [-0.2, 0) is 24.2 Å². The molecule has 7 heteroatoms. The number of sulfone groups is 1. The Hall–Kier alpha value is -0.660. The summed E-state index contributed by atoms with van der Waals surface area (Å²) in [4.78, 5) is 18.0. The van der Waals surface area contributed by atoms with Gasteiger partial charge in [0.2, 0.25) is 0 Å². The predicted octanol–water partition coefficient (Wildman–Crippen LogP) is 2.48. The largest absolute Gasteiger partial charge is 0.350 e. The van der Waals surface area contributed by atoms with E-state index in [0.717, 1.165) is 44.9 Å². The van der Waals surface area contributed by atoms with Crippen molar-refractivity contribution < 1.29 is 22.8 Å². The van der Waals surface area contributed by atoms with E-state index in [4.69, 9.17) is 9.57 Å². The molecule has 1 amide bonds. The summed E-state index contributed by atoms with van der Waals surface area (Å²) >= 11 is 0. The topological polar surface area (TPSA) is 81.7 Å². The first-order valence-electron chi connectivity index (χ1n) is 8.82. The summed E-state index contributed by atoms with van der Waals surface area (Å²) < 4.78 is 29.7. The molecule has 1 saturated heterocycles. The maximum Gasteiger partial charge on any atom is 0.265 e. The predicted molar refractivity (Wildman–Crippen MR) is 87.3 cm³/mol. The highest BCUT2D eigenvalue weighted by Gasteiger charge is 2.50. The van der Waals surface area contributed by atoms with E-state index >= 15 is 0 Å². The monoisotopic (exact) mass is 347 g/mol. The highest BCUT2D eigenvalue weighted by Crippen LogP contribution is 2.36. The molecule has 0 spiro atoms. The zero-order valence-corrected chi connectivity index (χ0v) is 14.8. The standard InChI is InChI=1S/C16H29NO5S/c1-2-3-13-23(19,20)16(10-6-4-7-11-16)15(18)17-22-14-9-5-8-12-21-14/h14H,2-13H2,1H3,(H,17,18). The fourth-order valence-electron chi connectivity index (χ4n) is 3.35. The lowest BCUT2D eigenvalue weighted by atomic mass is 9.88. The third-order valence-electron chi connectivity index (χ3n) is 4.86. The van der Waals surface area contributed by atoms with Crippen molar-refractivity contribution in [3.63, 3.8) is 0 Å². The van der Waals surface area contributed by atoms with E-state index in [-0.39, 0.29) is 5.75 Å². The molecule has 1 unspecified atom stereocenters. The van der Waals surface area contributed by atoms with Crippen molar-refractivity contribution in [1.29, 1.82) is 0 Å². The van der Waals surface area contributed by atoms with Crippen LogP contribution in [0.1, 0.15) is 71.1 Å². The van der Waals surface area contributed by atoms with E-state index in [1.807, 2.05) is 6.92 Å². The molecular weight excluding hydrogens is 318 g/mol. The van der Waals surface area contributed by atoms with Gasteiger partial charge < -0.3 is 4.74 Å². The average Bonchev–Trinajstić information content (AvgIpc) is 2.59. The molecule has 2 rings (SSSR count). The van der Waals surface area contributed by atoms with Crippen LogP contribution < -0.4 is 5.48 Å². The second-order valence-corrected chi connectivity index (χ2v) is 8.99. The van der Waals surface area contributed by atoms with E-state index < -0.39 is 26.8 Å². The number of hydroxylamine groups is 1. The summed E-state index contributed by atoms with van der Waals surface area (Å²) in [6.07, 6.45) is 6.89. The van der Waals surface area contributed by atoms with Crippen LogP contribution in [0.3, 0.4) is 0 Å². The first kappa shape index (κ1) is 18.7. The van der Waals surface area contributed by atoms with Gasteiger partial charge in [0, 0.05) is 13.0 Å². The van der Waals surface area contributed by atoms with E-state index in [1.165, 1.54) is 0 Å². The Morgan fingerprint density at radius 3 is 2.57 bits per heavy atom. The number of unbranched alkanes of at least 4 members (excludes halogenated alkanes) is 1. The normalized spacial score (nSPS) is 25.0. The Labute approximate surface area is 139 Å². The summed E-state index contributed by atoms with van der Waals surface area (Å²) in [5, 5.41) is 0. The summed E-state index contributed by atoms with van der Waals surface area (Å²) in [5.74, 6) is -0.445. The van der Waals surface area contributed by atoms with Crippen molar-refractivity contribution in [2.75, 3.05) is 12.4 Å². The van der Waals surface area contributed by atoms with Crippen LogP contribution in [0.5, 0.6) is 0 Å². The van der Waals surface area contributed by atoms with Crippen LogP contribution in [0, 0.1) is 0 Å². The molecule has 1 saturated carbocycles. The van der Waals surface area contributed by atoms with Crippen LogP contribution in [0.4, 0.5) is 0 Å². The summed E-state index contributed by atoms with van der Waals surface area (Å²) in [6.45, 7) is 2.56. The molecule has 6 nitrogen and oxygen atoms in total. The lowest BCUT2D eigenvalue weighted by Gasteiger charge is -2.35. The Kier molecular flexibility index (Phi) is 6.85. The quantitative estimate of drug-likeness (QED) is 0.716. The minimum atomic E-state index is -3.49. The van der Waals surface area contributed by atoms with Crippen LogP contribution in [0.25, 0.3) is 0 Å². The number of hydrogen-bond donors (Lipinski definition) is 1. The zero-order chi connectivity index (χ0) is 16.8. The minimum absolute atomic E-state index is 0.0663. The Morgan fingerprint density at radius 2 is 1.96 bits per heavy atom. The van der Waals surface area contributed by atoms with Gasteiger partial charge in [0.25, 0.3) is 5.91 Å². The van der Waals surface area contributed by atoms with Gasteiger partial charge in [-0.15, -0.1) is 0 Å². The van der Waals surface area contributed by atoms with Crippen LogP contribution in [0.2, 0.25) is 0 Å². The molecule has 0 radical (unpaired) electrons. The number of carbonyl (C=O) groups is 1. The van der Waals surface area contributed by atoms with E-state index in [9.17, 15) is 13.2 Å². The Balaban J connectivity index is 2.05. The van der Waals surface area contributed by atoms with E-state index in [0.29, 0.717) is 25.9 Å². The van der Waals surface area contributed by atoms with Crippen molar-refractivity contribution in [1.82, 2.24) is 5.48 Å². The molecule has 1 atom stereocenters. The molecule has 0 bridgehead atoms. The molecule has 1 aliphatic heterocycles. The van der Waals surface area contributed by atoms with Gasteiger partial charge in [-0.2, -0.15) is 0 Å². The van der Waals surface area contributed by atoms with Gasteiger partial charge in [-0.25, -0.2) is 18.7 Å². The molecule has 0 aromatic rings. The van der Waals surface area contributed by atoms with Gasteiger partial charge in [0.15, 0.2) is 20.9 Å². The number of hydrogen-bond acceptors (Lipinski definition) is 5. The summed E-state index contributed by atoms with van der Waals surface area (Å²) in [6, 6.07) is 0. The van der Waals surface area contributed by atoms with Crippen molar-refractivity contribution in [2.45, 2.75) is 82.2 Å². The van der Waals surface area contributed by atoms with Gasteiger partial charge in [-0.05, 0) is 32.1 Å². The number of rotatable bonds is 7. The van der Waals surface area contributed by atoms with Crippen LogP contribution >= 0.6 is 0 Å². The molecule has 2 fully saturated rings. The van der Waals surface area contributed by atoms with Crippen LogP contribution in [0.15, 0.2) is 0 Å². The second kappa shape index (κ2) is 8.44. The van der Waals surface area contributed by atoms with Crippen molar-refractivity contribution >= 4 is 15.7 Å². The van der Waals surface area contributed by atoms with Gasteiger partial charge in [0.05, 0.1) is 5.75 Å². The zero-order valence-electron chi connectivity index (χ0n) is 14.0. The molecule has 134 valence electrons. The number of carbonyl (C=O) groups excluding carboxylic acids is 1. The first-order chi connectivity index (χ1) is 11.0. The summed E-state index contributed by atoms with van der Waals surface area (Å²) in [5.41, 5.74) is 2.40. The smallest absolute Gasteiger partial charge is 0.265 e. The molecule has 23 heavy (non-hydrogen) atoms. The van der Waals surface area contributed by atoms with E-state index in [1.54, 1.807) is 0 Å². The highest BCUT2D eigenvalue weighted by molar-refractivity contribution is 7.93. The number of amides is 1. The molecule has 1 N–H and O–H groups in total. The van der Waals surface area contributed by atoms with Gasteiger partial charge in [-0.1, -0.05) is 32.6 Å². The fourth-order valence-corrected chi connectivity index (χ4v) is 5.64. The summed E-state index contributed by atoms with van der Waals surface area (Å²) in [7, 11) is -3.49. The number of ether oxygens (including phenoxy) is 1. The second-order valence-electron chi connectivity index (χ2n) is 6.57. The first-order valence-corrected chi connectivity index (χ1v) is 10.5. The molecule has 2 aliphatic rings. The SMILES string of the molecule is CCCCS(=O)(=O)C1(C(=O)NOC2CCCCO2)CCCCC1. The lowest BCUT2D eigenvalue weighted by Crippen LogP contribution is -2.55. The Bertz CT molecular complexity index is 479. The molecular formula is C16H29NO5S. The van der Waals surface area contributed by atoms with Gasteiger partial charge in [0.1, 0.15) is 0 Å². The third kappa shape index (κ3) is 4.45. The van der Waals surface area contributed by atoms with Crippen LogP contribution in [-0.4, -0.2) is 37.7 Å². The third-order valence-corrected chi connectivity index (χ3v) is 7.47. The Morgan fingerprint density at radius 1 is 1.22 bits per heavy atom.